The number of fused-ring (bicyclic) bond motifs is 12. The molecule has 0 radical (unpaired) electrons. The van der Waals surface area contributed by atoms with Gasteiger partial charge in [0.05, 0.1) is 33.8 Å². The van der Waals surface area contributed by atoms with Crippen molar-refractivity contribution >= 4 is 77.4 Å². The highest BCUT2D eigenvalue weighted by atomic mass is 16.3. The lowest BCUT2D eigenvalue weighted by atomic mass is 9.96. The average molecular weight is 730 g/mol. The number of allylic oxidation sites excluding steroid dienone is 1. The van der Waals surface area contributed by atoms with Crippen molar-refractivity contribution in [2.24, 2.45) is 0 Å². The maximum atomic E-state index is 6.97. The maximum Gasteiger partial charge on any atom is 0.160 e. The van der Waals surface area contributed by atoms with E-state index in [0.29, 0.717) is 0 Å². The molecule has 0 aliphatic rings. The summed E-state index contributed by atoms with van der Waals surface area (Å²) in [4.78, 5) is 10.4. The molecule has 0 bridgehead atoms. The molecule has 0 saturated heterocycles. The fourth-order valence-electron chi connectivity index (χ4n) is 8.72. The minimum atomic E-state index is 0.746. The SMILES string of the molecule is C=Cc1nc(-c2ccc(-c3ccccc3)cc2)c(-c2ccc(-n3c4ccccc4c4c5ccccc5c5c(oc6ccc7ccccc7c65)c43)cc2)nc1/C=C\C. The summed E-state index contributed by atoms with van der Waals surface area (Å²) in [5, 5.41) is 9.44. The summed E-state index contributed by atoms with van der Waals surface area (Å²) in [6.45, 7) is 6.07. The van der Waals surface area contributed by atoms with Crippen LogP contribution in [-0.2, 0) is 0 Å². The molecule has 0 fully saturated rings. The Morgan fingerprint density at radius 1 is 0.509 bits per heavy atom. The van der Waals surface area contributed by atoms with Gasteiger partial charge in [0.15, 0.2) is 5.58 Å². The molecule has 8 aromatic carbocycles. The van der Waals surface area contributed by atoms with E-state index in [-0.39, 0.29) is 0 Å². The number of para-hydroxylation sites is 1. The Balaban J connectivity index is 1.14. The number of rotatable bonds is 6. The van der Waals surface area contributed by atoms with Crippen LogP contribution >= 0.6 is 0 Å². The first-order chi connectivity index (χ1) is 28.2. The van der Waals surface area contributed by atoms with Crippen LogP contribution in [0, 0.1) is 0 Å². The van der Waals surface area contributed by atoms with E-state index in [1.165, 1.54) is 37.9 Å². The zero-order chi connectivity index (χ0) is 38.0. The number of aromatic nitrogens is 3. The molecule has 0 atom stereocenters. The molecule has 0 spiro atoms. The standard InChI is InChI=1S/C53H35N3O/c1-3-14-44-43(4-2)54-50(36-25-23-34(24-26-36)33-15-6-5-7-16-33)51(55-44)37-27-30-38(31-28-37)56-45-22-13-12-21-42(45)47-40-19-10-11-20-41(40)49-48-39-18-9-8-17-35(39)29-32-46(48)57-53(49)52(47)56/h3-32H,2H2,1H3/b14-3-. The van der Waals surface area contributed by atoms with Gasteiger partial charge in [0.25, 0.3) is 0 Å². The maximum absolute atomic E-state index is 6.97. The molecular formula is C53H35N3O. The summed E-state index contributed by atoms with van der Waals surface area (Å²) in [7, 11) is 0. The van der Waals surface area contributed by atoms with Crippen LogP contribution < -0.4 is 0 Å². The van der Waals surface area contributed by atoms with Crippen molar-refractivity contribution in [3.63, 3.8) is 0 Å². The Kier molecular flexibility index (Phi) is 7.51. The van der Waals surface area contributed by atoms with Crippen LogP contribution in [0.3, 0.4) is 0 Å². The van der Waals surface area contributed by atoms with Crippen molar-refractivity contribution in [3.8, 4) is 39.3 Å². The molecule has 3 aromatic heterocycles. The first kappa shape index (κ1) is 32.8. The van der Waals surface area contributed by atoms with E-state index >= 15 is 0 Å². The fourth-order valence-corrected chi connectivity index (χ4v) is 8.72. The summed E-state index contributed by atoms with van der Waals surface area (Å²) < 4.78 is 9.34. The molecule has 0 aliphatic carbocycles. The second-order valence-corrected chi connectivity index (χ2v) is 14.5. The molecule has 268 valence electrons. The predicted octanol–water partition coefficient (Wildman–Crippen LogP) is 14.5. The summed E-state index contributed by atoms with van der Waals surface area (Å²) in [5.74, 6) is 0. The lowest BCUT2D eigenvalue weighted by Crippen LogP contribution is -2.01. The third-order valence-electron chi connectivity index (χ3n) is 11.3. The van der Waals surface area contributed by atoms with Crippen LogP contribution in [0.15, 0.2) is 181 Å². The molecule has 11 aromatic rings. The Morgan fingerprint density at radius 2 is 1.09 bits per heavy atom. The Bertz CT molecular complexity index is 3410. The van der Waals surface area contributed by atoms with Gasteiger partial charge >= 0.3 is 0 Å². The first-order valence-electron chi connectivity index (χ1n) is 19.3. The molecule has 0 amide bonds. The number of benzene rings is 8. The van der Waals surface area contributed by atoms with Gasteiger partial charge in [0.2, 0.25) is 0 Å². The number of nitrogens with zero attached hydrogens (tertiary/aromatic N) is 3. The summed E-state index contributed by atoms with van der Waals surface area (Å²) in [6, 6.07) is 58.0. The Hall–Kier alpha value is -7.56. The largest absolute Gasteiger partial charge is 0.454 e. The summed E-state index contributed by atoms with van der Waals surface area (Å²) in [6.07, 6.45) is 5.77. The van der Waals surface area contributed by atoms with E-state index in [2.05, 4.69) is 169 Å². The number of hydrogen-bond donors (Lipinski definition) is 0. The third kappa shape index (κ3) is 5.08. The van der Waals surface area contributed by atoms with Gasteiger partial charge in [0, 0.05) is 38.4 Å². The van der Waals surface area contributed by atoms with Crippen molar-refractivity contribution in [1.29, 1.82) is 0 Å². The van der Waals surface area contributed by atoms with Crippen LogP contribution in [0.5, 0.6) is 0 Å². The molecule has 0 aliphatic heterocycles. The van der Waals surface area contributed by atoms with Gasteiger partial charge in [-0.1, -0.05) is 152 Å². The van der Waals surface area contributed by atoms with Crippen LogP contribution in [-0.4, -0.2) is 14.5 Å². The molecule has 4 nitrogen and oxygen atoms in total. The van der Waals surface area contributed by atoms with Gasteiger partial charge in [-0.2, -0.15) is 0 Å². The van der Waals surface area contributed by atoms with Gasteiger partial charge in [-0.15, -0.1) is 0 Å². The molecule has 4 heteroatoms. The topological polar surface area (TPSA) is 43.9 Å². The lowest BCUT2D eigenvalue weighted by molar-refractivity contribution is 0.671. The van der Waals surface area contributed by atoms with Crippen LogP contribution in [0.2, 0.25) is 0 Å². The third-order valence-corrected chi connectivity index (χ3v) is 11.3. The minimum absolute atomic E-state index is 0.746. The van der Waals surface area contributed by atoms with Crippen molar-refractivity contribution in [1.82, 2.24) is 14.5 Å². The predicted molar refractivity (Wildman–Crippen MR) is 240 cm³/mol. The van der Waals surface area contributed by atoms with E-state index < -0.39 is 0 Å². The van der Waals surface area contributed by atoms with Gasteiger partial charge in [0.1, 0.15) is 5.58 Å². The average Bonchev–Trinajstić information content (AvgIpc) is 3.84. The molecule has 0 saturated carbocycles. The van der Waals surface area contributed by atoms with E-state index in [9.17, 15) is 0 Å². The molecule has 0 unspecified atom stereocenters. The smallest absolute Gasteiger partial charge is 0.160 e. The number of furan rings is 1. The number of hydrogen-bond acceptors (Lipinski definition) is 3. The van der Waals surface area contributed by atoms with Gasteiger partial charge in [-0.05, 0) is 76.0 Å². The molecule has 57 heavy (non-hydrogen) atoms. The van der Waals surface area contributed by atoms with Crippen LogP contribution in [0.1, 0.15) is 18.3 Å². The van der Waals surface area contributed by atoms with Crippen LogP contribution in [0.25, 0.3) is 117 Å². The van der Waals surface area contributed by atoms with E-state index in [1.54, 1.807) is 6.08 Å². The fraction of sp³-hybridized carbons (Fsp3) is 0.0189. The zero-order valence-electron chi connectivity index (χ0n) is 31.3. The Morgan fingerprint density at radius 3 is 1.81 bits per heavy atom. The monoisotopic (exact) mass is 729 g/mol. The highest BCUT2D eigenvalue weighted by Gasteiger charge is 2.24. The van der Waals surface area contributed by atoms with Gasteiger partial charge in [-0.25, -0.2) is 9.97 Å². The van der Waals surface area contributed by atoms with Gasteiger partial charge in [-0.3, -0.25) is 0 Å². The molecule has 11 rings (SSSR count). The summed E-state index contributed by atoms with van der Waals surface area (Å²) in [5.41, 5.74) is 12.4. The van der Waals surface area contributed by atoms with Crippen molar-refractivity contribution in [3.05, 3.63) is 188 Å². The molecular weight excluding hydrogens is 695 g/mol. The highest BCUT2D eigenvalue weighted by Crippen LogP contribution is 2.47. The Labute approximate surface area is 329 Å². The first-order valence-corrected chi connectivity index (χ1v) is 19.3. The van der Waals surface area contributed by atoms with E-state index in [4.69, 9.17) is 14.4 Å². The second-order valence-electron chi connectivity index (χ2n) is 14.5. The van der Waals surface area contributed by atoms with Crippen molar-refractivity contribution in [2.75, 3.05) is 0 Å². The van der Waals surface area contributed by atoms with Gasteiger partial charge < -0.3 is 8.98 Å². The zero-order valence-corrected chi connectivity index (χ0v) is 31.3. The van der Waals surface area contributed by atoms with E-state index in [0.717, 1.165) is 78.1 Å². The summed E-state index contributed by atoms with van der Waals surface area (Å²) >= 11 is 0. The lowest BCUT2D eigenvalue weighted by Gasteiger charge is -2.14. The highest BCUT2D eigenvalue weighted by molar-refractivity contribution is 6.37. The molecule has 0 N–H and O–H groups in total. The van der Waals surface area contributed by atoms with Crippen molar-refractivity contribution < 1.29 is 4.42 Å². The normalized spacial score (nSPS) is 11.9. The van der Waals surface area contributed by atoms with Crippen LogP contribution in [0.4, 0.5) is 0 Å². The van der Waals surface area contributed by atoms with E-state index in [1.807, 2.05) is 25.1 Å². The van der Waals surface area contributed by atoms with Crippen molar-refractivity contribution in [2.45, 2.75) is 6.92 Å². The second kappa shape index (κ2) is 13.0. The quantitative estimate of drug-likeness (QED) is 0.171. The minimum Gasteiger partial charge on any atom is -0.454 e. The molecule has 3 heterocycles.